The summed E-state index contributed by atoms with van der Waals surface area (Å²) in [6.07, 6.45) is 13.0. The average Bonchev–Trinajstić information content (AvgIpc) is 3.00. The van der Waals surface area contributed by atoms with Gasteiger partial charge in [-0.05, 0) is 96.7 Å². The van der Waals surface area contributed by atoms with E-state index in [2.05, 4.69) is 62.7 Å². The van der Waals surface area contributed by atoms with Gasteiger partial charge in [0.1, 0.15) is 0 Å². The summed E-state index contributed by atoms with van der Waals surface area (Å²) in [4.78, 5) is 19.6. The van der Waals surface area contributed by atoms with Crippen molar-refractivity contribution < 1.29 is 9.90 Å². The Morgan fingerprint density at radius 3 is 2.52 bits per heavy atom. The Morgan fingerprint density at radius 2 is 1.85 bits per heavy atom. The number of aromatic nitrogens is 1. The number of amides is 1. The third-order valence-corrected chi connectivity index (χ3v) is 11.9. The van der Waals surface area contributed by atoms with E-state index in [9.17, 15) is 9.90 Å². The summed E-state index contributed by atoms with van der Waals surface area (Å²) >= 11 is 0. The molecule has 33 heavy (non-hydrogen) atoms. The van der Waals surface area contributed by atoms with Crippen LogP contribution in [0.25, 0.3) is 5.57 Å². The lowest BCUT2D eigenvalue weighted by molar-refractivity contribution is -0.191. The van der Waals surface area contributed by atoms with Crippen molar-refractivity contribution >= 4 is 11.5 Å². The number of carbonyl (C=O) groups is 1. The van der Waals surface area contributed by atoms with Crippen LogP contribution in [0.4, 0.5) is 0 Å². The number of allylic oxidation sites excluding steroid dienone is 2. The number of fused-ring (bicyclic) bond motifs is 5. The minimum absolute atomic E-state index is 0.0343. The molecule has 180 valence electrons. The second kappa shape index (κ2) is 7.16. The molecule has 2 heterocycles. The maximum absolute atomic E-state index is 13.0. The second-order valence-electron chi connectivity index (χ2n) is 12.7. The summed E-state index contributed by atoms with van der Waals surface area (Å²) < 4.78 is 0. The summed E-state index contributed by atoms with van der Waals surface area (Å²) in [5.41, 5.74) is 2.74. The zero-order valence-corrected chi connectivity index (χ0v) is 21.4. The molecule has 1 amide bonds. The molecule has 5 rings (SSSR count). The van der Waals surface area contributed by atoms with E-state index in [1.165, 1.54) is 11.1 Å². The van der Waals surface area contributed by atoms with Crippen molar-refractivity contribution in [1.82, 2.24) is 9.88 Å². The van der Waals surface area contributed by atoms with Gasteiger partial charge in [0.05, 0.1) is 6.10 Å². The minimum Gasteiger partial charge on any atom is -0.393 e. The number of aliphatic hydroxyl groups is 1. The fourth-order valence-corrected chi connectivity index (χ4v) is 9.49. The summed E-state index contributed by atoms with van der Waals surface area (Å²) in [7, 11) is 0. The molecule has 0 spiro atoms. The first-order valence-electron chi connectivity index (χ1n) is 13.0. The first kappa shape index (κ1) is 23.1. The van der Waals surface area contributed by atoms with Crippen LogP contribution >= 0.6 is 0 Å². The quantitative estimate of drug-likeness (QED) is 0.583. The second-order valence-corrected chi connectivity index (χ2v) is 12.7. The smallest absolute Gasteiger partial charge is 0.219 e. The van der Waals surface area contributed by atoms with Crippen LogP contribution in [-0.2, 0) is 4.79 Å². The van der Waals surface area contributed by atoms with Crippen molar-refractivity contribution in [3.8, 4) is 0 Å². The van der Waals surface area contributed by atoms with Crippen molar-refractivity contribution in [1.29, 1.82) is 0 Å². The van der Waals surface area contributed by atoms with E-state index in [1.807, 2.05) is 12.4 Å². The molecule has 4 heteroatoms. The van der Waals surface area contributed by atoms with Crippen LogP contribution in [0.5, 0.6) is 0 Å². The number of rotatable bonds is 1. The zero-order chi connectivity index (χ0) is 23.9. The Morgan fingerprint density at radius 1 is 1.09 bits per heavy atom. The van der Waals surface area contributed by atoms with Crippen molar-refractivity contribution in [3.05, 3.63) is 36.2 Å². The lowest BCUT2D eigenvalue weighted by atomic mass is 9.37. The highest BCUT2D eigenvalue weighted by molar-refractivity contribution is 5.75. The molecule has 1 N–H and O–H groups in total. The highest BCUT2D eigenvalue weighted by atomic mass is 16.3. The van der Waals surface area contributed by atoms with Crippen LogP contribution < -0.4 is 0 Å². The maximum atomic E-state index is 13.0. The molecule has 1 unspecified atom stereocenters. The van der Waals surface area contributed by atoms with E-state index >= 15 is 0 Å². The third-order valence-electron chi connectivity index (χ3n) is 11.9. The van der Waals surface area contributed by atoms with Gasteiger partial charge in [0.25, 0.3) is 0 Å². The largest absolute Gasteiger partial charge is 0.393 e. The van der Waals surface area contributed by atoms with Gasteiger partial charge in [-0.1, -0.05) is 39.8 Å². The fourth-order valence-electron chi connectivity index (χ4n) is 9.49. The van der Waals surface area contributed by atoms with Gasteiger partial charge in [-0.25, -0.2) is 0 Å². The molecular weight excluding hydrogens is 408 g/mol. The molecule has 4 nitrogen and oxygen atoms in total. The summed E-state index contributed by atoms with van der Waals surface area (Å²) in [5, 5.41) is 10.7. The maximum Gasteiger partial charge on any atom is 0.219 e. The van der Waals surface area contributed by atoms with E-state index in [-0.39, 0.29) is 39.2 Å². The van der Waals surface area contributed by atoms with Crippen molar-refractivity contribution in [2.75, 3.05) is 6.54 Å². The van der Waals surface area contributed by atoms with Gasteiger partial charge in [0, 0.05) is 31.4 Å². The lowest BCUT2D eigenvalue weighted by Crippen LogP contribution is -2.68. The standard InChI is InChI=1S/C29H42N2O2/c1-20(32)31-17-11-24-26(3)12-10-23(21-8-7-16-30-19-21)25(26,2)14-15-27(24,4)28(5)13-9-22(33)18-29(28,31)6/h7-8,10,16,19,22,24,33H,9,11-15,17-18H2,1-6H3/t22-,24?,25+,26-,27-,28+,29-/m0/s1. The third kappa shape index (κ3) is 2.73. The molecule has 1 saturated heterocycles. The molecule has 0 aromatic carbocycles. The zero-order valence-electron chi connectivity index (χ0n) is 21.4. The number of hydrogen-bond acceptors (Lipinski definition) is 3. The van der Waals surface area contributed by atoms with Crippen molar-refractivity contribution in [3.63, 3.8) is 0 Å². The predicted octanol–water partition coefficient (Wildman–Crippen LogP) is 5.86. The Hall–Kier alpha value is -1.68. The topological polar surface area (TPSA) is 53.4 Å². The van der Waals surface area contributed by atoms with E-state index < -0.39 is 0 Å². The Kier molecular flexibility index (Phi) is 5.01. The Bertz CT molecular complexity index is 991. The normalized spacial score (nSPS) is 47.1. The molecular formula is C29H42N2O2. The summed E-state index contributed by atoms with van der Waals surface area (Å²) in [6, 6.07) is 4.27. The van der Waals surface area contributed by atoms with Gasteiger partial charge in [-0.15, -0.1) is 0 Å². The van der Waals surface area contributed by atoms with Gasteiger partial charge >= 0.3 is 0 Å². The van der Waals surface area contributed by atoms with Crippen LogP contribution in [0.2, 0.25) is 0 Å². The molecule has 1 aromatic rings. The van der Waals surface area contributed by atoms with Crippen LogP contribution in [0.3, 0.4) is 0 Å². The minimum atomic E-state index is -0.320. The van der Waals surface area contributed by atoms with E-state index in [0.717, 1.165) is 45.1 Å². The average molecular weight is 451 g/mol. The first-order valence-corrected chi connectivity index (χ1v) is 13.0. The van der Waals surface area contributed by atoms with Gasteiger partial charge in [0.2, 0.25) is 5.91 Å². The molecule has 3 aliphatic carbocycles. The highest BCUT2D eigenvalue weighted by Crippen LogP contribution is 2.76. The van der Waals surface area contributed by atoms with Crippen LogP contribution in [0.15, 0.2) is 30.6 Å². The highest BCUT2D eigenvalue weighted by Gasteiger charge is 2.71. The molecule has 0 bridgehead atoms. The molecule has 2 saturated carbocycles. The number of nitrogens with zero attached hydrogens (tertiary/aromatic N) is 2. The Labute approximate surface area is 199 Å². The molecule has 4 aliphatic rings. The lowest BCUT2D eigenvalue weighted by Gasteiger charge is -2.68. The number of hydrogen-bond donors (Lipinski definition) is 1. The van der Waals surface area contributed by atoms with Crippen LogP contribution in [-0.4, -0.2) is 39.1 Å². The number of likely N-dealkylation sites (tertiary alicyclic amines) is 1. The number of aliphatic hydroxyl groups excluding tert-OH is 1. The van der Waals surface area contributed by atoms with E-state index in [4.69, 9.17) is 0 Å². The molecule has 0 radical (unpaired) electrons. The number of pyridine rings is 1. The SMILES string of the molecule is CC(=O)N1CCC2[C@](C)(CC[C@]3(C)C(c4cccnc4)=CC[C@@]23C)[C@@]2(C)CC[C@H](O)C[C@]12C. The Balaban J connectivity index is 1.63. The molecule has 3 fully saturated rings. The van der Waals surface area contributed by atoms with Crippen LogP contribution in [0.1, 0.15) is 92.1 Å². The predicted molar refractivity (Wildman–Crippen MR) is 132 cm³/mol. The number of carbonyl (C=O) groups excluding carboxylic acids is 1. The van der Waals surface area contributed by atoms with E-state index in [0.29, 0.717) is 12.3 Å². The van der Waals surface area contributed by atoms with E-state index in [1.54, 1.807) is 6.92 Å². The van der Waals surface area contributed by atoms with Gasteiger partial charge in [0.15, 0.2) is 0 Å². The first-order chi connectivity index (χ1) is 15.4. The van der Waals surface area contributed by atoms with Crippen molar-refractivity contribution in [2.24, 2.45) is 27.6 Å². The fraction of sp³-hybridized carbons (Fsp3) is 0.724. The summed E-state index contributed by atoms with van der Waals surface area (Å²) in [6.45, 7) is 14.9. The van der Waals surface area contributed by atoms with Gasteiger partial charge in [-0.2, -0.15) is 0 Å². The molecule has 1 aliphatic heterocycles. The van der Waals surface area contributed by atoms with Crippen molar-refractivity contribution in [2.45, 2.75) is 98.1 Å². The van der Waals surface area contributed by atoms with Gasteiger partial charge < -0.3 is 10.0 Å². The molecule has 1 aromatic heterocycles. The summed E-state index contributed by atoms with van der Waals surface area (Å²) in [5.74, 6) is 0.673. The monoisotopic (exact) mass is 450 g/mol. The molecule has 7 atom stereocenters. The van der Waals surface area contributed by atoms with Gasteiger partial charge in [-0.3, -0.25) is 9.78 Å². The van der Waals surface area contributed by atoms with Crippen LogP contribution in [0, 0.1) is 27.6 Å².